The molecule has 1 aromatic rings. The molecule has 18 heavy (non-hydrogen) atoms. The summed E-state index contributed by atoms with van der Waals surface area (Å²) in [5.41, 5.74) is 2.22. The fourth-order valence-corrected chi connectivity index (χ4v) is 1.93. The number of nitrogens with one attached hydrogen (secondary N) is 1. The molecule has 0 atom stereocenters. The van der Waals surface area contributed by atoms with Crippen LogP contribution in [-0.4, -0.2) is 32.2 Å². The summed E-state index contributed by atoms with van der Waals surface area (Å²) in [5, 5.41) is 3.41. The van der Waals surface area contributed by atoms with E-state index in [1.165, 1.54) is 0 Å². The Hall–Kier alpha value is -1.10. The van der Waals surface area contributed by atoms with Crippen LogP contribution in [0.3, 0.4) is 0 Å². The van der Waals surface area contributed by atoms with E-state index in [2.05, 4.69) is 11.4 Å². The van der Waals surface area contributed by atoms with E-state index < -0.39 is 5.79 Å². The van der Waals surface area contributed by atoms with Crippen LogP contribution in [-0.2, 0) is 20.8 Å². The molecule has 0 aromatic heterocycles. The molecule has 1 fully saturated rings. The second-order valence-electron chi connectivity index (χ2n) is 5.00. The number of rotatable bonds is 4. The molecule has 0 saturated carbocycles. The van der Waals surface area contributed by atoms with Crippen molar-refractivity contribution in [3.63, 3.8) is 0 Å². The molecule has 1 N–H and O–H groups in total. The molecule has 4 nitrogen and oxygen atoms in total. The minimum Gasteiger partial charge on any atom is -0.380 e. The number of benzene rings is 1. The first kappa shape index (κ1) is 13.3. The largest absolute Gasteiger partial charge is 0.380 e. The van der Waals surface area contributed by atoms with E-state index in [1.54, 1.807) is 7.11 Å². The third-order valence-electron chi connectivity index (χ3n) is 2.87. The van der Waals surface area contributed by atoms with Gasteiger partial charge in [-0.15, -0.1) is 0 Å². The zero-order valence-electron chi connectivity index (χ0n) is 11.2. The lowest BCUT2D eigenvalue weighted by Crippen LogP contribution is -2.45. The lowest BCUT2D eigenvalue weighted by molar-refractivity contribution is -0.247. The van der Waals surface area contributed by atoms with Gasteiger partial charge in [-0.2, -0.15) is 0 Å². The molecule has 100 valence electrons. The summed E-state index contributed by atoms with van der Waals surface area (Å²) >= 11 is 0. The maximum Gasteiger partial charge on any atom is 0.162 e. The van der Waals surface area contributed by atoms with Crippen LogP contribution >= 0.6 is 0 Å². The molecule has 1 aliphatic rings. The Balaban J connectivity index is 1.91. The molecule has 4 heteroatoms. The summed E-state index contributed by atoms with van der Waals surface area (Å²) in [6, 6.07) is 8.38. The van der Waals surface area contributed by atoms with Gasteiger partial charge in [-0.05, 0) is 31.5 Å². The van der Waals surface area contributed by atoms with E-state index in [0.29, 0.717) is 19.8 Å². The van der Waals surface area contributed by atoms with Gasteiger partial charge in [-0.3, -0.25) is 0 Å². The van der Waals surface area contributed by atoms with Gasteiger partial charge in [-0.1, -0.05) is 12.1 Å². The highest BCUT2D eigenvalue weighted by Crippen LogP contribution is 2.20. The maximum absolute atomic E-state index is 5.62. The Morgan fingerprint density at radius 1 is 1.33 bits per heavy atom. The highest BCUT2D eigenvalue weighted by Gasteiger charge is 2.28. The normalized spacial score (nSPS) is 19.7. The lowest BCUT2D eigenvalue weighted by Gasteiger charge is -2.35. The quantitative estimate of drug-likeness (QED) is 0.892. The van der Waals surface area contributed by atoms with E-state index in [9.17, 15) is 0 Å². The summed E-state index contributed by atoms with van der Waals surface area (Å²) < 4.78 is 16.4. The predicted molar refractivity (Wildman–Crippen MR) is 70.5 cm³/mol. The fourth-order valence-electron chi connectivity index (χ4n) is 1.93. The second kappa shape index (κ2) is 5.69. The van der Waals surface area contributed by atoms with Crippen molar-refractivity contribution in [2.75, 3.05) is 25.6 Å². The molecule has 0 aliphatic carbocycles. The zero-order valence-corrected chi connectivity index (χ0v) is 11.2. The van der Waals surface area contributed by atoms with Gasteiger partial charge in [0.25, 0.3) is 0 Å². The van der Waals surface area contributed by atoms with Gasteiger partial charge in [0.15, 0.2) is 5.79 Å². The average molecular weight is 251 g/mol. The van der Waals surface area contributed by atoms with E-state index in [1.807, 2.05) is 32.0 Å². The Bertz CT molecular complexity index is 382. The van der Waals surface area contributed by atoms with Crippen LogP contribution in [0.1, 0.15) is 19.4 Å². The molecule has 1 heterocycles. The first-order valence-electron chi connectivity index (χ1n) is 6.21. The molecular formula is C14H21NO3. The number of methoxy groups -OCH3 is 1. The number of anilines is 1. The third kappa shape index (κ3) is 3.70. The zero-order chi connectivity index (χ0) is 13.0. The van der Waals surface area contributed by atoms with Crippen molar-refractivity contribution in [3.05, 3.63) is 29.8 Å². The van der Waals surface area contributed by atoms with E-state index in [4.69, 9.17) is 14.2 Å². The van der Waals surface area contributed by atoms with Crippen molar-refractivity contribution >= 4 is 5.69 Å². The van der Waals surface area contributed by atoms with Crippen LogP contribution in [0.4, 0.5) is 5.69 Å². The first-order valence-corrected chi connectivity index (χ1v) is 6.21. The summed E-state index contributed by atoms with van der Waals surface area (Å²) in [7, 11) is 1.70. The summed E-state index contributed by atoms with van der Waals surface area (Å²) in [4.78, 5) is 0. The lowest BCUT2D eigenvalue weighted by atomic mass is 10.2. The van der Waals surface area contributed by atoms with Crippen LogP contribution < -0.4 is 5.32 Å². The summed E-state index contributed by atoms with van der Waals surface area (Å²) in [5.74, 6) is -0.462. The predicted octanol–water partition coefficient (Wildman–Crippen LogP) is 2.40. The minimum absolute atomic E-state index is 0.191. The Morgan fingerprint density at radius 3 is 2.72 bits per heavy atom. The van der Waals surface area contributed by atoms with Crippen LogP contribution in [0.25, 0.3) is 0 Å². The second-order valence-corrected chi connectivity index (χ2v) is 5.00. The van der Waals surface area contributed by atoms with Crippen molar-refractivity contribution in [2.24, 2.45) is 0 Å². The Kier molecular flexibility index (Phi) is 4.22. The van der Waals surface area contributed by atoms with E-state index in [-0.39, 0.29) is 6.04 Å². The maximum atomic E-state index is 5.62. The van der Waals surface area contributed by atoms with Gasteiger partial charge < -0.3 is 19.5 Å². The van der Waals surface area contributed by atoms with Crippen molar-refractivity contribution < 1.29 is 14.2 Å². The standard InChI is InChI=1S/C14H21NO3/c1-14(2)17-9-13(10-18-14)15-12-6-4-5-11(7-12)8-16-3/h4-7,13,15H,8-10H2,1-3H3. The molecule has 1 aliphatic heterocycles. The highest BCUT2D eigenvalue weighted by atomic mass is 16.7. The van der Waals surface area contributed by atoms with Crippen LogP contribution in [0.15, 0.2) is 24.3 Å². The number of hydrogen-bond donors (Lipinski definition) is 1. The topological polar surface area (TPSA) is 39.7 Å². The van der Waals surface area contributed by atoms with E-state index in [0.717, 1.165) is 11.3 Å². The molecule has 2 rings (SSSR count). The smallest absolute Gasteiger partial charge is 0.162 e. The Labute approximate surface area is 108 Å². The van der Waals surface area contributed by atoms with Crippen molar-refractivity contribution in [1.29, 1.82) is 0 Å². The molecular weight excluding hydrogens is 230 g/mol. The molecule has 0 amide bonds. The Morgan fingerprint density at radius 2 is 2.06 bits per heavy atom. The molecule has 0 spiro atoms. The van der Waals surface area contributed by atoms with Gasteiger partial charge in [0.05, 0.1) is 25.9 Å². The van der Waals surface area contributed by atoms with Gasteiger partial charge in [-0.25, -0.2) is 0 Å². The van der Waals surface area contributed by atoms with Gasteiger partial charge in [0.2, 0.25) is 0 Å². The monoisotopic (exact) mass is 251 g/mol. The van der Waals surface area contributed by atoms with Crippen LogP contribution in [0.2, 0.25) is 0 Å². The van der Waals surface area contributed by atoms with Crippen molar-refractivity contribution in [1.82, 2.24) is 0 Å². The number of hydrogen-bond acceptors (Lipinski definition) is 4. The van der Waals surface area contributed by atoms with Crippen LogP contribution in [0.5, 0.6) is 0 Å². The molecule has 0 radical (unpaired) electrons. The molecule has 1 aromatic carbocycles. The van der Waals surface area contributed by atoms with E-state index >= 15 is 0 Å². The summed E-state index contributed by atoms with van der Waals surface area (Å²) in [6.07, 6.45) is 0. The number of ether oxygens (including phenoxy) is 3. The third-order valence-corrected chi connectivity index (χ3v) is 2.87. The minimum atomic E-state index is -0.462. The molecule has 1 saturated heterocycles. The van der Waals surface area contributed by atoms with Crippen molar-refractivity contribution in [3.8, 4) is 0 Å². The highest BCUT2D eigenvalue weighted by molar-refractivity contribution is 5.46. The molecule has 0 bridgehead atoms. The van der Waals surface area contributed by atoms with Crippen molar-refractivity contribution in [2.45, 2.75) is 32.3 Å². The summed E-state index contributed by atoms with van der Waals surface area (Å²) in [6.45, 7) is 5.80. The van der Waals surface area contributed by atoms with Crippen LogP contribution in [0, 0.1) is 0 Å². The van der Waals surface area contributed by atoms with Gasteiger partial charge >= 0.3 is 0 Å². The first-order chi connectivity index (χ1) is 8.59. The average Bonchev–Trinajstić information content (AvgIpc) is 2.33. The van der Waals surface area contributed by atoms with Gasteiger partial charge in [0.1, 0.15) is 0 Å². The van der Waals surface area contributed by atoms with Gasteiger partial charge in [0, 0.05) is 12.8 Å². The fraction of sp³-hybridized carbons (Fsp3) is 0.571. The molecule has 0 unspecified atom stereocenters. The SMILES string of the molecule is COCc1cccc(NC2COC(C)(C)OC2)c1.